The fraction of sp³-hybridized carbons (Fsp3) is 0.680. The van der Waals surface area contributed by atoms with Crippen molar-refractivity contribution in [2.45, 2.75) is 69.9 Å². The summed E-state index contributed by atoms with van der Waals surface area (Å²) in [4.78, 5) is 25.0. The number of hydrogen-bond donors (Lipinski definition) is 2. The van der Waals surface area contributed by atoms with E-state index in [4.69, 9.17) is 16.3 Å². The number of carbonyl (C=O) groups excluding carboxylic acids is 2. The highest BCUT2D eigenvalue weighted by Gasteiger charge is 2.76. The van der Waals surface area contributed by atoms with Crippen LogP contribution in [-0.2, 0) is 14.3 Å². The largest absolute Gasteiger partial charge is 0.390 e. The molecule has 0 radical (unpaired) electrons. The van der Waals surface area contributed by atoms with Gasteiger partial charge in [0.05, 0.1) is 24.7 Å². The van der Waals surface area contributed by atoms with Crippen molar-refractivity contribution in [3.8, 4) is 0 Å². The number of ether oxygens (including phenoxy) is 1. The molecule has 8 atom stereocenters. The zero-order valence-electron chi connectivity index (χ0n) is 18.9. The second-order valence-electron chi connectivity index (χ2n) is 10.6. The minimum absolute atomic E-state index is 0.110. The van der Waals surface area contributed by atoms with E-state index in [0.29, 0.717) is 18.4 Å². The van der Waals surface area contributed by atoms with Crippen LogP contribution in [0.4, 0.5) is 4.39 Å². The van der Waals surface area contributed by atoms with Gasteiger partial charge in [0.2, 0.25) is 0 Å². The third kappa shape index (κ3) is 2.85. The van der Waals surface area contributed by atoms with Gasteiger partial charge in [-0.05, 0) is 57.6 Å². The molecule has 2 N–H and O–H groups in total. The zero-order valence-corrected chi connectivity index (χ0v) is 19.6. The van der Waals surface area contributed by atoms with E-state index in [2.05, 4.69) is 6.58 Å². The molecule has 0 unspecified atom stereocenters. The van der Waals surface area contributed by atoms with Crippen LogP contribution in [0.15, 0.2) is 36.0 Å². The molecule has 0 saturated heterocycles. The second-order valence-corrected chi connectivity index (χ2v) is 10.8. The van der Waals surface area contributed by atoms with Crippen LogP contribution in [0.25, 0.3) is 0 Å². The van der Waals surface area contributed by atoms with Gasteiger partial charge < -0.3 is 14.9 Å². The predicted molar refractivity (Wildman–Crippen MR) is 119 cm³/mol. The molecule has 176 valence electrons. The molecule has 32 heavy (non-hydrogen) atoms. The molecule has 3 saturated carbocycles. The Hall–Kier alpha value is -1.34. The van der Waals surface area contributed by atoms with Gasteiger partial charge in [0.1, 0.15) is 0 Å². The first-order chi connectivity index (χ1) is 14.9. The van der Waals surface area contributed by atoms with Crippen LogP contribution in [-0.4, -0.2) is 57.7 Å². The molecular formula is C25H32ClFO5. The highest BCUT2D eigenvalue weighted by molar-refractivity contribution is 6.29. The second kappa shape index (κ2) is 7.59. The Morgan fingerprint density at radius 2 is 2.06 bits per heavy atom. The van der Waals surface area contributed by atoms with Gasteiger partial charge in [0, 0.05) is 16.7 Å². The zero-order chi connectivity index (χ0) is 23.7. The van der Waals surface area contributed by atoms with Gasteiger partial charge in [-0.25, -0.2) is 4.39 Å². The summed E-state index contributed by atoms with van der Waals surface area (Å²) in [6.07, 6.45) is 3.23. The molecule has 0 aromatic heterocycles. The maximum atomic E-state index is 17.1. The minimum atomic E-state index is -2.04. The van der Waals surface area contributed by atoms with Crippen molar-refractivity contribution in [3.05, 3.63) is 36.0 Å². The number of rotatable bonds is 5. The van der Waals surface area contributed by atoms with Crippen LogP contribution >= 0.6 is 11.6 Å². The molecule has 5 nitrogen and oxygen atoms in total. The summed E-state index contributed by atoms with van der Waals surface area (Å²) in [5, 5.41) is 23.1. The summed E-state index contributed by atoms with van der Waals surface area (Å²) in [7, 11) is 0. The van der Waals surface area contributed by atoms with Crippen molar-refractivity contribution in [2.24, 2.45) is 22.7 Å². The first kappa shape index (κ1) is 23.8. The Balaban J connectivity index is 1.81. The van der Waals surface area contributed by atoms with Gasteiger partial charge >= 0.3 is 0 Å². The van der Waals surface area contributed by atoms with E-state index in [1.807, 2.05) is 0 Å². The maximum absolute atomic E-state index is 17.1. The molecule has 3 fully saturated rings. The maximum Gasteiger partial charge on any atom is 0.182 e. The monoisotopic (exact) mass is 466 g/mol. The van der Waals surface area contributed by atoms with E-state index in [1.54, 1.807) is 26.8 Å². The number of aliphatic hydroxyl groups is 2. The lowest BCUT2D eigenvalue weighted by atomic mass is 9.44. The summed E-state index contributed by atoms with van der Waals surface area (Å²) in [6.45, 7) is 9.26. The number of fused-ring (bicyclic) bond motifs is 5. The number of carbonyl (C=O) groups is 2. The van der Waals surface area contributed by atoms with E-state index in [1.165, 1.54) is 12.2 Å². The van der Waals surface area contributed by atoms with Crippen molar-refractivity contribution < 1.29 is 28.9 Å². The van der Waals surface area contributed by atoms with Crippen LogP contribution in [0.5, 0.6) is 0 Å². The standard InChI is InChI=1S/C25H32ClFO5/c1-14(2)13-32-21-10-18-17-6-5-15-9-16(28)7-8-22(15,3)24(17,27)19(29)11-23(18,4)25(21,31)20(30)12-26/h7-9,17-19,21,29,31H,1,5-6,10-13H2,2-4H3/t17-,18-,19-,21+,22-,23-,24-,25+/m0/s1. The number of allylic oxidation sites excluding steroid dienone is 4. The molecule has 0 aromatic rings. The fourth-order valence-electron chi connectivity index (χ4n) is 7.23. The number of alkyl halides is 2. The Labute approximate surface area is 193 Å². The van der Waals surface area contributed by atoms with Gasteiger partial charge in [-0.2, -0.15) is 0 Å². The normalized spacial score (nSPS) is 47.3. The first-order valence-corrected chi connectivity index (χ1v) is 11.8. The summed E-state index contributed by atoms with van der Waals surface area (Å²) in [6, 6.07) is 0. The Bertz CT molecular complexity index is 929. The fourth-order valence-corrected chi connectivity index (χ4v) is 7.44. The molecule has 0 heterocycles. The lowest BCUT2D eigenvalue weighted by Gasteiger charge is -2.62. The summed E-state index contributed by atoms with van der Waals surface area (Å²) in [5.74, 6) is -2.18. The molecule has 0 aliphatic heterocycles. The van der Waals surface area contributed by atoms with E-state index < -0.39 is 57.8 Å². The predicted octanol–water partition coefficient (Wildman–Crippen LogP) is 3.47. The SMILES string of the molecule is C=C(C)CO[C@@H]1C[C@H]2[C@@H]3CCC4=CC(=O)C=C[C@]4(C)[C@@]3(F)[C@@H](O)C[C@]2(C)[C@@]1(O)C(=O)CCl. The number of ketones is 2. The molecule has 0 bridgehead atoms. The Kier molecular flexibility index (Phi) is 5.65. The third-order valence-electron chi connectivity index (χ3n) is 8.91. The van der Waals surface area contributed by atoms with Gasteiger partial charge in [0.25, 0.3) is 0 Å². The van der Waals surface area contributed by atoms with Gasteiger partial charge in [-0.1, -0.05) is 30.7 Å². The van der Waals surface area contributed by atoms with Crippen molar-refractivity contribution in [3.63, 3.8) is 0 Å². The molecule has 0 spiro atoms. The molecule has 4 aliphatic rings. The van der Waals surface area contributed by atoms with E-state index >= 15 is 4.39 Å². The lowest BCUT2D eigenvalue weighted by Crippen LogP contribution is -2.69. The molecular weight excluding hydrogens is 435 g/mol. The highest BCUT2D eigenvalue weighted by atomic mass is 35.5. The molecule has 7 heteroatoms. The van der Waals surface area contributed by atoms with Gasteiger partial charge in [-0.15, -0.1) is 11.6 Å². The Morgan fingerprint density at radius 3 is 2.69 bits per heavy atom. The summed E-state index contributed by atoms with van der Waals surface area (Å²) in [5.41, 5.74) is -4.78. The van der Waals surface area contributed by atoms with Crippen molar-refractivity contribution >= 4 is 23.2 Å². The van der Waals surface area contributed by atoms with Crippen molar-refractivity contribution in [2.75, 3.05) is 12.5 Å². The van der Waals surface area contributed by atoms with Crippen molar-refractivity contribution in [1.29, 1.82) is 0 Å². The average molecular weight is 467 g/mol. The Morgan fingerprint density at radius 1 is 1.38 bits per heavy atom. The van der Waals surface area contributed by atoms with Crippen LogP contribution in [0, 0.1) is 22.7 Å². The quantitative estimate of drug-likeness (QED) is 0.479. The van der Waals surface area contributed by atoms with E-state index in [0.717, 1.165) is 5.57 Å². The van der Waals surface area contributed by atoms with Crippen LogP contribution in [0.3, 0.4) is 0 Å². The average Bonchev–Trinajstić information content (AvgIpc) is 2.95. The third-order valence-corrected chi connectivity index (χ3v) is 9.16. The van der Waals surface area contributed by atoms with Crippen LogP contribution < -0.4 is 0 Å². The van der Waals surface area contributed by atoms with Gasteiger partial charge in [-0.3, -0.25) is 9.59 Å². The summed E-state index contributed by atoms with van der Waals surface area (Å²) < 4.78 is 23.1. The number of Topliss-reactive ketones (excluding diaryl/α,β-unsaturated/α-hetero) is 1. The van der Waals surface area contributed by atoms with E-state index in [-0.39, 0.29) is 25.2 Å². The highest BCUT2D eigenvalue weighted by Crippen LogP contribution is 2.70. The van der Waals surface area contributed by atoms with Gasteiger partial charge in [0.15, 0.2) is 22.8 Å². The number of halogens is 2. The molecule has 0 amide bonds. The van der Waals surface area contributed by atoms with Crippen molar-refractivity contribution in [1.82, 2.24) is 0 Å². The topological polar surface area (TPSA) is 83.8 Å². The lowest BCUT2D eigenvalue weighted by molar-refractivity contribution is -0.222. The minimum Gasteiger partial charge on any atom is -0.390 e. The number of hydrogen-bond acceptors (Lipinski definition) is 5. The smallest absolute Gasteiger partial charge is 0.182 e. The molecule has 0 aromatic carbocycles. The first-order valence-electron chi connectivity index (χ1n) is 11.2. The van der Waals surface area contributed by atoms with Crippen LogP contribution in [0.1, 0.15) is 46.5 Å². The summed E-state index contributed by atoms with van der Waals surface area (Å²) >= 11 is 5.90. The number of aliphatic hydroxyl groups excluding tert-OH is 1. The van der Waals surface area contributed by atoms with Crippen LogP contribution in [0.2, 0.25) is 0 Å². The van der Waals surface area contributed by atoms with E-state index in [9.17, 15) is 19.8 Å². The molecule has 4 rings (SSSR count). The molecule has 4 aliphatic carbocycles.